The zero-order chi connectivity index (χ0) is 8.27. The van der Waals surface area contributed by atoms with Crippen LogP contribution in [0.3, 0.4) is 0 Å². The summed E-state index contributed by atoms with van der Waals surface area (Å²) in [5, 5.41) is 10.8. The number of alkyl halides is 1. The number of nitrogens with zero attached hydrogens (tertiary/aromatic N) is 1. The standard InChI is InChI=1S/C7H5BrNO2/c8-5-6-3-1-2-4-7(6)9(10)11/h1,3-4H,5H2. The number of hydrogen-bond donors (Lipinski definition) is 0. The molecule has 0 aliphatic heterocycles. The lowest BCUT2D eigenvalue weighted by atomic mass is 10.2. The predicted molar refractivity (Wildman–Crippen MR) is 44.6 cm³/mol. The van der Waals surface area contributed by atoms with Crippen molar-refractivity contribution in [3.05, 3.63) is 39.9 Å². The van der Waals surface area contributed by atoms with Crippen LogP contribution in [0.5, 0.6) is 0 Å². The predicted octanol–water partition coefficient (Wildman–Crippen LogP) is 2.29. The van der Waals surface area contributed by atoms with E-state index in [1.165, 1.54) is 6.07 Å². The van der Waals surface area contributed by atoms with Crippen LogP contribution in [0.15, 0.2) is 18.2 Å². The Kier molecular flexibility index (Phi) is 2.59. The van der Waals surface area contributed by atoms with Gasteiger partial charge in [0.05, 0.1) is 4.92 Å². The van der Waals surface area contributed by atoms with Crippen molar-refractivity contribution in [1.29, 1.82) is 0 Å². The van der Waals surface area contributed by atoms with Gasteiger partial charge in [0, 0.05) is 17.0 Å². The van der Waals surface area contributed by atoms with Crippen molar-refractivity contribution < 1.29 is 4.92 Å². The second kappa shape index (κ2) is 3.48. The molecule has 1 rings (SSSR count). The summed E-state index contributed by atoms with van der Waals surface area (Å²) in [4.78, 5) is 9.94. The average molecular weight is 215 g/mol. The molecule has 0 unspecified atom stereocenters. The minimum Gasteiger partial charge on any atom is -0.258 e. The van der Waals surface area contributed by atoms with Crippen molar-refractivity contribution in [3.63, 3.8) is 0 Å². The molecule has 0 aromatic heterocycles. The van der Waals surface area contributed by atoms with Crippen LogP contribution in [0.1, 0.15) is 5.56 Å². The van der Waals surface area contributed by atoms with Crippen molar-refractivity contribution in [2.75, 3.05) is 0 Å². The fourth-order valence-electron chi connectivity index (χ4n) is 0.737. The third kappa shape index (κ3) is 1.77. The lowest BCUT2D eigenvalue weighted by molar-refractivity contribution is -0.385. The van der Waals surface area contributed by atoms with E-state index < -0.39 is 4.92 Å². The van der Waals surface area contributed by atoms with Gasteiger partial charge in [-0.05, 0) is 6.07 Å². The highest BCUT2D eigenvalue weighted by atomic mass is 79.9. The summed E-state index contributed by atoms with van der Waals surface area (Å²) in [6.45, 7) is 0. The Labute approximate surface area is 72.3 Å². The fourth-order valence-corrected chi connectivity index (χ4v) is 1.21. The van der Waals surface area contributed by atoms with Crippen LogP contribution in [0, 0.1) is 16.2 Å². The summed E-state index contributed by atoms with van der Waals surface area (Å²) in [5.41, 5.74) is 0.790. The molecule has 0 amide bonds. The number of rotatable bonds is 2. The molecule has 0 aliphatic carbocycles. The van der Waals surface area contributed by atoms with Gasteiger partial charge >= 0.3 is 0 Å². The Morgan fingerprint density at radius 1 is 1.73 bits per heavy atom. The monoisotopic (exact) mass is 214 g/mol. The van der Waals surface area contributed by atoms with Crippen LogP contribution in [0.25, 0.3) is 0 Å². The van der Waals surface area contributed by atoms with Gasteiger partial charge in [-0.2, -0.15) is 0 Å². The van der Waals surface area contributed by atoms with Crippen molar-refractivity contribution in [2.24, 2.45) is 0 Å². The van der Waals surface area contributed by atoms with Crippen molar-refractivity contribution in [2.45, 2.75) is 5.33 Å². The second-order valence-electron chi connectivity index (χ2n) is 1.95. The van der Waals surface area contributed by atoms with E-state index in [0.717, 1.165) is 0 Å². The van der Waals surface area contributed by atoms with Gasteiger partial charge in [0.15, 0.2) is 0 Å². The van der Waals surface area contributed by atoms with Gasteiger partial charge < -0.3 is 0 Å². The minimum atomic E-state index is -0.410. The fraction of sp³-hybridized carbons (Fsp3) is 0.143. The third-order valence-electron chi connectivity index (χ3n) is 1.27. The molecule has 0 bridgehead atoms. The first kappa shape index (κ1) is 8.20. The average Bonchev–Trinajstić information content (AvgIpc) is 2.04. The van der Waals surface area contributed by atoms with Crippen LogP contribution in [0.2, 0.25) is 0 Å². The molecule has 0 heterocycles. The summed E-state index contributed by atoms with van der Waals surface area (Å²) in [6, 6.07) is 7.36. The van der Waals surface area contributed by atoms with Gasteiger partial charge in [0.2, 0.25) is 0 Å². The zero-order valence-electron chi connectivity index (χ0n) is 5.58. The number of benzene rings is 1. The summed E-state index contributed by atoms with van der Waals surface area (Å²) in [5.74, 6) is 0. The van der Waals surface area contributed by atoms with Gasteiger partial charge in [-0.25, -0.2) is 0 Å². The molecule has 4 heteroatoms. The summed E-state index contributed by atoms with van der Waals surface area (Å²) < 4.78 is 0. The Hall–Kier alpha value is -0.900. The zero-order valence-corrected chi connectivity index (χ0v) is 7.17. The molecule has 0 atom stereocenters. The van der Waals surface area contributed by atoms with Gasteiger partial charge in [0.25, 0.3) is 5.69 Å². The molecule has 0 fully saturated rings. The van der Waals surface area contributed by atoms with Crippen LogP contribution < -0.4 is 0 Å². The topological polar surface area (TPSA) is 43.1 Å². The van der Waals surface area contributed by atoms with Crippen LogP contribution in [0.4, 0.5) is 5.69 Å². The summed E-state index contributed by atoms with van der Waals surface area (Å²) >= 11 is 3.16. The summed E-state index contributed by atoms with van der Waals surface area (Å²) in [7, 11) is 0. The maximum Gasteiger partial charge on any atom is 0.274 e. The van der Waals surface area contributed by atoms with Crippen molar-refractivity contribution in [3.8, 4) is 0 Å². The first-order valence-electron chi connectivity index (χ1n) is 2.95. The number of nitro groups is 1. The normalized spacial score (nSPS) is 9.55. The van der Waals surface area contributed by atoms with Crippen LogP contribution >= 0.6 is 15.9 Å². The largest absolute Gasteiger partial charge is 0.274 e. The van der Waals surface area contributed by atoms with E-state index in [0.29, 0.717) is 10.9 Å². The van der Waals surface area contributed by atoms with Gasteiger partial charge in [-0.1, -0.05) is 28.1 Å². The molecule has 0 saturated heterocycles. The molecular weight excluding hydrogens is 210 g/mol. The first-order chi connectivity index (χ1) is 5.25. The van der Waals surface area contributed by atoms with Gasteiger partial charge in [-0.3, -0.25) is 10.1 Å². The Balaban J connectivity index is 3.12. The van der Waals surface area contributed by atoms with Crippen molar-refractivity contribution in [1.82, 2.24) is 0 Å². The number of nitro benzene ring substituents is 1. The lowest BCUT2D eigenvalue weighted by Gasteiger charge is -1.95. The second-order valence-corrected chi connectivity index (χ2v) is 2.51. The van der Waals surface area contributed by atoms with E-state index in [1.807, 2.05) is 0 Å². The SMILES string of the molecule is O=[N+]([O-])c1c[c]ccc1CBr. The molecule has 3 nitrogen and oxygen atoms in total. The van der Waals surface area contributed by atoms with E-state index in [-0.39, 0.29) is 5.69 Å². The molecule has 57 valence electrons. The highest BCUT2D eigenvalue weighted by molar-refractivity contribution is 9.08. The molecule has 0 aliphatic rings. The van der Waals surface area contributed by atoms with Crippen LogP contribution in [-0.2, 0) is 5.33 Å². The minimum absolute atomic E-state index is 0.115. The quantitative estimate of drug-likeness (QED) is 0.431. The number of hydrogen-bond acceptors (Lipinski definition) is 2. The van der Waals surface area contributed by atoms with E-state index in [2.05, 4.69) is 22.0 Å². The van der Waals surface area contributed by atoms with Crippen molar-refractivity contribution >= 4 is 21.6 Å². The smallest absolute Gasteiger partial charge is 0.258 e. The third-order valence-corrected chi connectivity index (χ3v) is 1.87. The first-order valence-corrected chi connectivity index (χ1v) is 4.07. The molecule has 0 spiro atoms. The molecule has 0 N–H and O–H groups in total. The summed E-state index contributed by atoms with van der Waals surface area (Å²) in [6.07, 6.45) is 0. The van der Waals surface area contributed by atoms with Crippen LogP contribution in [-0.4, -0.2) is 4.92 Å². The Morgan fingerprint density at radius 3 is 2.91 bits per heavy atom. The van der Waals surface area contributed by atoms with E-state index in [9.17, 15) is 10.1 Å². The molecule has 1 aromatic carbocycles. The van der Waals surface area contributed by atoms with E-state index >= 15 is 0 Å². The molecule has 1 radical (unpaired) electrons. The Bertz CT molecular complexity index is 275. The van der Waals surface area contributed by atoms with E-state index in [1.54, 1.807) is 12.1 Å². The molecule has 0 saturated carbocycles. The molecule has 11 heavy (non-hydrogen) atoms. The highest BCUT2D eigenvalue weighted by Gasteiger charge is 2.09. The van der Waals surface area contributed by atoms with Gasteiger partial charge in [-0.15, -0.1) is 0 Å². The van der Waals surface area contributed by atoms with E-state index in [4.69, 9.17) is 0 Å². The Morgan fingerprint density at radius 2 is 2.45 bits per heavy atom. The molecule has 1 aromatic rings. The maximum absolute atomic E-state index is 10.3. The maximum atomic E-state index is 10.3. The molecular formula is C7H5BrNO2. The lowest BCUT2D eigenvalue weighted by Crippen LogP contribution is -1.91. The highest BCUT2D eigenvalue weighted by Crippen LogP contribution is 2.19. The number of halogens is 1. The van der Waals surface area contributed by atoms with Gasteiger partial charge in [0.1, 0.15) is 0 Å².